The molecule has 136 valence electrons. The Morgan fingerprint density at radius 2 is 1.50 bits per heavy atom. The number of para-hydroxylation sites is 2. The van der Waals surface area contributed by atoms with Crippen LogP contribution in [0.15, 0.2) is 89.4 Å². The molecule has 0 fully saturated rings. The molecule has 2 N–H and O–H groups in total. The summed E-state index contributed by atoms with van der Waals surface area (Å²) in [6.45, 7) is 2.11. The average Bonchev–Trinajstić information content (AvgIpc) is 3.03. The molecule has 0 aliphatic carbocycles. The van der Waals surface area contributed by atoms with Gasteiger partial charge < -0.3 is 10.3 Å². The first-order valence-electron chi connectivity index (χ1n) is 9.28. The molecule has 1 aromatic heterocycles. The van der Waals surface area contributed by atoms with E-state index < -0.39 is 0 Å². The van der Waals surface area contributed by atoms with Crippen LogP contribution in [0.25, 0.3) is 38.6 Å². The molecular formula is C25H19BrN2. The highest BCUT2D eigenvalue weighted by molar-refractivity contribution is 9.10. The molecule has 0 unspecified atom stereocenters. The molecule has 0 bridgehead atoms. The summed E-state index contributed by atoms with van der Waals surface area (Å²) < 4.78 is 3.42. The maximum Gasteiger partial charge on any atom is 0.0620 e. The van der Waals surface area contributed by atoms with Gasteiger partial charge in [0.2, 0.25) is 0 Å². The fourth-order valence-corrected chi connectivity index (χ4v) is 4.32. The molecule has 4 aromatic carbocycles. The van der Waals surface area contributed by atoms with Crippen molar-refractivity contribution in [1.82, 2.24) is 4.57 Å². The summed E-state index contributed by atoms with van der Waals surface area (Å²) in [5.74, 6) is 0. The number of aryl methyl sites for hydroxylation is 1. The number of hydrogen-bond acceptors (Lipinski definition) is 1. The van der Waals surface area contributed by atoms with Crippen LogP contribution in [0.2, 0.25) is 0 Å². The summed E-state index contributed by atoms with van der Waals surface area (Å²) in [7, 11) is 0. The van der Waals surface area contributed by atoms with E-state index in [1.807, 2.05) is 18.2 Å². The summed E-state index contributed by atoms with van der Waals surface area (Å²) in [6, 6.07) is 29.7. The number of halogens is 1. The maximum atomic E-state index is 6.35. The number of nitrogens with two attached hydrogens (primary N) is 1. The number of aromatic nitrogens is 1. The monoisotopic (exact) mass is 426 g/mol. The average molecular weight is 427 g/mol. The number of anilines is 1. The number of nitrogens with zero attached hydrogens (tertiary/aromatic N) is 1. The Balaban J connectivity index is 1.98. The summed E-state index contributed by atoms with van der Waals surface area (Å²) in [4.78, 5) is 0. The highest BCUT2D eigenvalue weighted by Gasteiger charge is 2.17. The van der Waals surface area contributed by atoms with Gasteiger partial charge in [-0.25, -0.2) is 0 Å². The van der Waals surface area contributed by atoms with Crippen molar-refractivity contribution >= 4 is 43.4 Å². The van der Waals surface area contributed by atoms with Crippen molar-refractivity contribution in [3.05, 3.63) is 95.0 Å². The van der Waals surface area contributed by atoms with Gasteiger partial charge in [-0.2, -0.15) is 0 Å². The first kappa shape index (κ1) is 17.1. The van der Waals surface area contributed by atoms with Crippen molar-refractivity contribution in [2.24, 2.45) is 0 Å². The predicted octanol–water partition coefficient (Wildman–Crippen LogP) is 7.10. The second kappa shape index (κ2) is 6.54. The van der Waals surface area contributed by atoms with Crippen molar-refractivity contribution in [1.29, 1.82) is 0 Å². The summed E-state index contributed by atoms with van der Waals surface area (Å²) in [6.07, 6.45) is 0. The van der Waals surface area contributed by atoms with E-state index >= 15 is 0 Å². The lowest BCUT2D eigenvalue weighted by Crippen LogP contribution is -1.97. The Morgan fingerprint density at radius 1 is 0.750 bits per heavy atom. The van der Waals surface area contributed by atoms with Crippen molar-refractivity contribution in [2.75, 3.05) is 5.73 Å². The number of hydrogen-bond donors (Lipinski definition) is 1. The van der Waals surface area contributed by atoms with Crippen LogP contribution in [-0.4, -0.2) is 4.57 Å². The fraction of sp³-hybridized carbons (Fsp3) is 0.0400. The van der Waals surface area contributed by atoms with Crippen molar-refractivity contribution < 1.29 is 0 Å². The van der Waals surface area contributed by atoms with Gasteiger partial charge in [-0.3, -0.25) is 0 Å². The van der Waals surface area contributed by atoms with Gasteiger partial charge in [0.15, 0.2) is 0 Å². The first-order chi connectivity index (χ1) is 13.6. The van der Waals surface area contributed by atoms with Crippen LogP contribution in [0.5, 0.6) is 0 Å². The van der Waals surface area contributed by atoms with E-state index in [2.05, 4.69) is 94.2 Å². The van der Waals surface area contributed by atoms with Gasteiger partial charge in [-0.1, -0.05) is 70.0 Å². The Kier molecular flexibility index (Phi) is 3.99. The van der Waals surface area contributed by atoms with E-state index in [-0.39, 0.29) is 0 Å². The van der Waals surface area contributed by atoms with E-state index in [1.54, 1.807) is 0 Å². The molecule has 0 aliphatic heterocycles. The van der Waals surface area contributed by atoms with Gasteiger partial charge in [0.25, 0.3) is 0 Å². The van der Waals surface area contributed by atoms with E-state index in [9.17, 15) is 0 Å². The largest absolute Gasteiger partial charge is 0.398 e. The van der Waals surface area contributed by atoms with E-state index in [1.165, 1.54) is 27.4 Å². The quantitative estimate of drug-likeness (QED) is 0.299. The van der Waals surface area contributed by atoms with Crippen molar-refractivity contribution in [3.8, 4) is 16.8 Å². The van der Waals surface area contributed by atoms with Crippen molar-refractivity contribution in [3.63, 3.8) is 0 Å². The molecule has 5 aromatic rings. The zero-order valence-electron chi connectivity index (χ0n) is 15.5. The second-order valence-corrected chi connectivity index (χ2v) is 8.04. The predicted molar refractivity (Wildman–Crippen MR) is 123 cm³/mol. The molecular weight excluding hydrogens is 408 g/mol. The lowest BCUT2D eigenvalue weighted by atomic mass is 10.0. The zero-order valence-corrected chi connectivity index (χ0v) is 17.1. The van der Waals surface area contributed by atoms with Crippen LogP contribution in [0.4, 0.5) is 5.69 Å². The van der Waals surface area contributed by atoms with Gasteiger partial charge in [-0.05, 0) is 43.3 Å². The lowest BCUT2D eigenvalue weighted by molar-refractivity contribution is 1.17. The topological polar surface area (TPSA) is 30.9 Å². The van der Waals surface area contributed by atoms with E-state index in [0.29, 0.717) is 0 Å². The Hall–Kier alpha value is -3.04. The standard InChI is InChI=1S/C25H19BrN2/c1-16-9-12-18(13-10-16)28-24-14-11-17(26)15-22(24)21-7-4-6-20(25(21)28)19-5-2-3-8-23(19)27/h2-15H,27H2,1H3. The Bertz CT molecular complexity index is 1330. The molecule has 0 radical (unpaired) electrons. The third-order valence-corrected chi connectivity index (χ3v) is 5.79. The molecule has 0 saturated heterocycles. The minimum absolute atomic E-state index is 0.789. The molecule has 0 amide bonds. The smallest absolute Gasteiger partial charge is 0.0620 e. The van der Waals surface area contributed by atoms with Gasteiger partial charge >= 0.3 is 0 Å². The minimum atomic E-state index is 0.789. The van der Waals surface area contributed by atoms with Crippen LogP contribution < -0.4 is 5.73 Å². The molecule has 0 saturated carbocycles. The molecule has 2 nitrogen and oxygen atoms in total. The third-order valence-electron chi connectivity index (χ3n) is 5.29. The summed E-state index contributed by atoms with van der Waals surface area (Å²) in [5, 5.41) is 2.44. The third kappa shape index (κ3) is 2.62. The zero-order chi connectivity index (χ0) is 19.3. The highest BCUT2D eigenvalue weighted by atomic mass is 79.9. The molecule has 0 aliphatic rings. The second-order valence-electron chi connectivity index (χ2n) is 7.12. The number of rotatable bonds is 2. The normalized spacial score (nSPS) is 11.4. The molecule has 0 atom stereocenters. The van der Waals surface area contributed by atoms with Crippen molar-refractivity contribution in [2.45, 2.75) is 6.92 Å². The van der Waals surface area contributed by atoms with Crippen LogP contribution in [0.3, 0.4) is 0 Å². The number of nitrogen functional groups attached to an aromatic ring is 1. The fourth-order valence-electron chi connectivity index (χ4n) is 3.96. The number of fused-ring (bicyclic) bond motifs is 3. The lowest BCUT2D eigenvalue weighted by Gasteiger charge is -2.13. The molecule has 0 spiro atoms. The van der Waals surface area contributed by atoms with Gasteiger partial charge in [0.05, 0.1) is 11.0 Å². The minimum Gasteiger partial charge on any atom is -0.398 e. The Morgan fingerprint density at radius 3 is 2.29 bits per heavy atom. The van der Waals surface area contributed by atoms with E-state index in [4.69, 9.17) is 5.73 Å². The molecule has 5 rings (SSSR count). The SMILES string of the molecule is Cc1ccc(-n2c3ccc(Br)cc3c3cccc(-c4ccccc4N)c32)cc1. The first-order valence-corrected chi connectivity index (χ1v) is 10.1. The van der Waals surface area contributed by atoms with Crippen LogP contribution in [-0.2, 0) is 0 Å². The van der Waals surface area contributed by atoms with Gasteiger partial charge in [0, 0.05) is 37.7 Å². The highest BCUT2D eigenvalue weighted by Crippen LogP contribution is 2.40. The van der Waals surface area contributed by atoms with Gasteiger partial charge in [-0.15, -0.1) is 0 Å². The molecule has 3 heteroatoms. The number of benzene rings is 4. The molecule has 28 heavy (non-hydrogen) atoms. The van der Waals surface area contributed by atoms with Crippen LogP contribution in [0.1, 0.15) is 5.56 Å². The summed E-state index contributed by atoms with van der Waals surface area (Å²) in [5.41, 5.74) is 14.1. The maximum absolute atomic E-state index is 6.35. The molecule has 1 heterocycles. The van der Waals surface area contributed by atoms with Gasteiger partial charge in [0.1, 0.15) is 0 Å². The van der Waals surface area contributed by atoms with Crippen LogP contribution in [0, 0.1) is 6.92 Å². The van der Waals surface area contributed by atoms with Crippen LogP contribution >= 0.6 is 15.9 Å². The Labute approximate surface area is 172 Å². The van der Waals surface area contributed by atoms with E-state index in [0.717, 1.165) is 27.0 Å². The summed E-state index contributed by atoms with van der Waals surface area (Å²) >= 11 is 3.64.